The second kappa shape index (κ2) is 7.03. The van der Waals surface area contributed by atoms with Crippen LogP contribution in [-0.2, 0) is 10.9 Å². The number of hydrogen-bond acceptors (Lipinski definition) is 3. The molecule has 7 heteroatoms. The Labute approximate surface area is 147 Å². The molecular weight excluding hydrogens is 345 g/mol. The molecule has 0 aliphatic heterocycles. The van der Waals surface area contributed by atoms with Crippen molar-refractivity contribution in [2.45, 2.75) is 13.1 Å². The molecule has 2 aromatic carbocycles. The number of alkyl halides is 3. The molecule has 0 aliphatic carbocycles. The van der Waals surface area contributed by atoms with Gasteiger partial charge in [0.15, 0.2) is 0 Å². The van der Waals surface area contributed by atoms with Gasteiger partial charge in [0.25, 0.3) is 0 Å². The number of rotatable bonds is 4. The summed E-state index contributed by atoms with van der Waals surface area (Å²) in [6.45, 7) is 1.86. The highest BCUT2D eigenvalue weighted by Gasteiger charge is 2.31. The van der Waals surface area contributed by atoms with Gasteiger partial charge in [-0.1, -0.05) is 36.4 Å². The highest BCUT2D eigenvalue weighted by molar-refractivity contribution is 5.96. The molecule has 4 nitrogen and oxygen atoms in total. The van der Waals surface area contributed by atoms with Crippen LogP contribution in [0.4, 0.5) is 13.2 Å². The van der Waals surface area contributed by atoms with Gasteiger partial charge in [0.1, 0.15) is 5.56 Å². The van der Waals surface area contributed by atoms with Gasteiger partial charge >= 0.3 is 12.1 Å². The third-order valence-electron chi connectivity index (χ3n) is 3.73. The molecule has 0 N–H and O–H groups in total. The first-order valence-electron chi connectivity index (χ1n) is 7.90. The predicted molar refractivity (Wildman–Crippen MR) is 90.0 cm³/mol. The number of carbonyl (C=O) groups excluding carboxylic acids is 1. The number of benzene rings is 2. The van der Waals surface area contributed by atoms with Gasteiger partial charge in [-0.25, -0.2) is 9.48 Å². The van der Waals surface area contributed by atoms with E-state index in [9.17, 15) is 18.0 Å². The number of nitrogens with zero attached hydrogens (tertiary/aromatic N) is 2. The van der Waals surface area contributed by atoms with Crippen molar-refractivity contribution in [2.75, 3.05) is 6.61 Å². The number of halogens is 3. The number of esters is 1. The Morgan fingerprint density at radius 3 is 2.50 bits per heavy atom. The number of ether oxygens (including phenoxy) is 1. The number of aromatic nitrogens is 2. The molecule has 134 valence electrons. The first-order chi connectivity index (χ1) is 12.4. The van der Waals surface area contributed by atoms with E-state index in [1.807, 2.05) is 0 Å². The van der Waals surface area contributed by atoms with Crippen LogP contribution in [0.1, 0.15) is 22.8 Å². The SMILES string of the molecule is CCOC(=O)c1cnn(-c2cccc(C(F)(F)F)c2)c1-c1ccccc1. The van der Waals surface area contributed by atoms with E-state index in [-0.39, 0.29) is 17.9 Å². The van der Waals surface area contributed by atoms with Crippen molar-refractivity contribution < 1.29 is 22.7 Å². The van der Waals surface area contributed by atoms with Crippen molar-refractivity contribution in [2.24, 2.45) is 0 Å². The normalized spacial score (nSPS) is 11.4. The van der Waals surface area contributed by atoms with Crippen LogP contribution in [0, 0.1) is 0 Å². The number of hydrogen-bond donors (Lipinski definition) is 0. The third kappa shape index (κ3) is 3.46. The van der Waals surface area contributed by atoms with E-state index in [1.54, 1.807) is 37.3 Å². The summed E-state index contributed by atoms with van der Waals surface area (Å²) in [5.41, 5.74) is 0.626. The molecule has 0 unspecified atom stereocenters. The van der Waals surface area contributed by atoms with Gasteiger partial charge in [0, 0.05) is 5.56 Å². The van der Waals surface area contributed by atoms with Crippen molar-refractivity contribution in [3.05, 3.63) is 71.9 Å². The summed E-state index contributed by atoms with van der Waals surface area (Å²) in [4.78, 5) is 12.3. The van der Waals surface area contributed by atoms with Gasteiger partial charge < -0.3 is 4.74 Å². The molecule has 0 aliphatic rings. The Kier molecular flexibility index (Phi) is 4.79. The molecule has 0 spiro atoms. The summed E-state index contributed by atoms with van der Waals surface area (Å²) >= 11 is 0. The van der Waals surface area contributed by atoms with Crippen LogP contribution in [0.3, 0.4) is 0 Å². The van der Waals surface area contributed by atoms with Crippen molar-refractivity contribution in [1.82, 2.24) is 9.78 Å². The van der Waals surface area contributed by atoms with Crippen LogP contribution in [0.15, 0.2) is 60.8 Å². The number of carbonyl (C=O) groups is 1. The first-order valence-corrected chi connectivity index (χ1v) is 7.90. The van der Waals surface area contributed by atoms with Gasteiger partial charge in [-0.15, -0.1) is 0 Å². The van der Waals surface area contributed by atoms with E-state index >= 15 is 0 Å². The summed E-state index contributed by atoms with van der Waals surface area (Å²) in [5.74, 6) is -0.579. The Morgan fingerprint density at radius 2 is 1.85 bits per heavy atom. The summed E-state index contributed by atoms with van der Waals surface area (Å²) in [7, 11) is 0. The van der Waals surface area contributed by atoms with E-state index in [0.717, 1.165) is 12.1 Å². The Bertz CT molecular complexity index is 918. The summed E-state index contributed by atoms with van der Waals surface area (Å²) in [6.07, 6.45) is -3.17. The van der Waals surface area contributed by atoms with Crippen molar-refractivity contribution >= 4 is 5.97 Å². The molecule has 0 atom stereocenters. The molecule has 1 heterocycles. The Balaban J connectivity index is 2.18. The Morgan fingerprint density at radius 1 is 1.12 bits per heavy atom. The minimum atomic E-state index is -4.47. The summed E-state index contributed by atoms with van der Waals surface area (Å²) in [6, 6.07) is 13.6. The second-order valence-electron chi connectivity index (χ2n) is 5.45. The largest absolute Gasteiger partial charge is 0.462 e. The first kappa shape index (κ1) is 17.7. The molecule has 0 fully saturated rings. The van der Waals surface area contributed by atoms with E-state index in [2.05, 4.69) is 5.10 Å². The molecule has 0 saturated heterocycles. The van der Waals surface area contributed by atoms with E-state index < -0.39 is 17.7 Å². The standard InChI is InChI=1S/C19H15F3N2O2/c1-2-26-18(25)16-12-23-24(17(16)13-7-4-3-5-8-13)15-10-6-9-14(11-15)19(20,21)22/h3-12H,2H2,1H3. The van der Waals surface area contributed by atoms with E-state index in [4.69, 9.17) is 4.74 Å². The second-order valence-corrected chi connectivity index (χ2v) is 5.45. The van der Waals surface area contributed by atoms with Crippen LogP contribution in [0.2, 0.25) is 0 Å². The van der Waals surface area contributed by atoms with Crippen LogP contribution in [0.5, 0.6) is 0 Å². The smallest absolute Gasteiger partial charge is 0.416 e. The van der Waals surface area contributed by atoms with Crippen LogP contribution < -0.4 is 0 Å². The maximum atomic E-state index is 13.0. The zero-order valence-electron chi connectivity index (χ0n) is 13.8. The fraction of sp³-hybridized carbons (Fsp3) is 0.158. The molecule has 26 heavy (non-hydrogen) atoms. The topological polar surface area (TPSA) is 44.1 Å². The van der Waals surface area contributed by atoms with E-state index in [1.165, 1.54) is 23.0 Å². The van der Waals surface area contributed by atoms with Crippen molar-refractivity contribution in [3.63, 3.8) is 0 Å². The average Bonchev–Trinajstić information content (AvgIpc) is 3.07. The van der Waals surface area contributed by atoms with E-state index in [0.29, 0.717) is 11.3 Å². The van der Waals surface area contributed by atoms with Gasteiger partial charge in [-0.05, 0) is 25.1 Å². The van der Waals surface area contributed by atoms with Crippen LogP contribution in [-0.4, -0.2) is 22.4 Å². The molecule has 1 aromatic heterocycles. The van der Waals surface area contributed by atoms with Crippen molar-refractivity contribution in [1.29, 1.82) is 0 Å². The maximum absolute atomic E-state index is 13.0. The highest BCUT2D eigenvalue weighted by Crippen LogP contribution is 2.32. The zero-order chi connectivity index (χ0) is 18.7. The predicted octanol–water partition coefficient (Wildman–Crippen LogP) is 4.73. The average molecular weight is 360 g/mol. The fourth-order valence-corrected chi connectivity index (χ4v) is 2.59. The highest BCUT2D eigenvalue weighted by atomic mass is 19.4. The molecule has 3 aromatic rings. The summed E-state index contributed by atoms with van der Waals surface area (Å²) < 4.78 is 45.5. The molecule has 0 bridgehead atoms. The minimum Gasteiger partial charge on any atom is -0.462 e. The molecule has 0 saturated carbocycles. The lowest BCUT2D eigenvalue weighted by atomic mass is 10.1. The van der Waals surface area contributed by atoms with Gasteiger partial charge in [0.2, 0.25) is 0 Å². The molecule has 0 amide bonds. The van der Waals surface area contributed by atoms with Gasteiger partial charge in [-0.2, -0.15) is 18.3 Å². The molecular formula is C19H15F3N2O2. The third-order valence-corrected chi connectivity index (χ3v) is 3.73. The van der Waals surface area contributed by atoms with Gasteiger partial charge in [0.05, 0.1) is 29.7 Å². The quantitative estimate of drug-likeness (QED) is 0.632. The lowest BCUT2D eigenvalue weighted by molar-refractivity contribution is -0.137. The fourth-order valence-electron chi connectivity index (χ4n) is 2.59. The summed E-state index contributed by atoms with van der Waals surface area (Å²) in [5, 5.41) is 4.14. The lowest BCUT2D eigenvalue weighted by Gasteiger charge is -2.12. The minimum absolute atomic E-state index is 0.182. The molecule has 3 rings (SSSR count). The van der Waals surface area contributed by atoms with Crippen molar-refractivity contribution in [3.8, 4) is 16.9 Å². The zero-order valence-corrected chi connectivity index (χ0v) is 13.8. The maximum Gasteiger partial charge on any atom is 0.416 e. The van der Waals surface area contributed by atoms with Crippen LogP contribution >= 0.6 is 0 Å². The van der Waals surface area contributed by atoms with Gasteiger partial charge in [-0.3, -0.25) is 0 Å². The molecule has 0 radical (unpaired) electrons. The monoisotopic (exact) mass is 360 g/mol. The lowest BCUT2D eigenvalue weighted by Crippen LogP contribution is -2.09. The van der Waals surface area contributed by atoms with Crippen LogP contribution in [0.25, 0.3) is 16.9 Å². The Hall–Kier alpha value is -3.09.